The summed E-state index contributed by atoms with van der Waals surface area (Å²) in [6.07, 6.45) is -1.61. The summed E-state index contributed by atoms with van der Waals surface area (Å²) >= 11 is 0. The molecule has 1 amide bonds. The number of rotatable bonds is 2. The van der Waals surface area contributed by atoms with Crippen LogP contribution in [-0.2, 0) is 9.59 Å². The molecule has 0 radical (unpaired) electrons. The first kappa shape index (κ1) is 13.5. The molecule has 0 bridgehead atoms. The topological polar surface area (TPSA) is 57.6 Å². The van der Waals surface area contributed by atoms with Crippen LogP contribution in [0.2, 0.25) is 0 Å². The van der Waals surface area contributed by atoms with Crippen LogP contribution in [0.5, 0.6) is 0 Å². The van der Waals surface area contributed by atoms with Crippen LogP contribution >= 0.6 is 0 Å². The molecule has 1 aliphatic rings. The molecule has 1 fully saturated rings. The van der Waals surface area contributed by atoms with E-state index >= 15 is 0 Å². The van der Waals surface area contributed by atoms with E-state index in [1.54, 1.807) is 0 Å². The van der Waals surface area contributed by atoms with E-state index in [0.717, 1.165) is 11.0 Å². The summed E-state index contributed by atoms with van der Waals surface area (Å²) < 4.78 is 36.5. The van der Waals surface area contributed by atoms with Crippen molar-refractivity contribution in [1.29, 1.82) is 0 Å². The molecular formula is C10H12F3NO3. The summed E-state index contributed by atoms with van der Waals surface area (Å²) in [5, 5.41) is 8.40. The zero-order chi connectivity index (χ0) is 13.1. The average molecular weight is 251 g/mol. The van der Waals surface area contributed by atoms with Gasteiger partial charge in [-0.15, -0.1) is 0 Å². The van der Waals surface area contributed by atoms with Gasteiger partial charge in [0.1, 0.15) is 0 Å². The van der Waals surface area contributed by atoms with Gasteiger partial charge < -0.3 is 10.0 Å². The molecule has 0 aromatic heterocycles. The van der Waals surface area contributed by atoms with E-state index in [9.17, 15) is 22.8 Å². The van der Waals surface area contributed by atoms with Gasteiger partial charge >= 0.3 is 18.1 Å². The van der Waals surface area contributed by atoms with Gasteiger partial charge in [-0.2, -0.15) is 13.2 Å². The van der Waals surface area contributed by atoms with Gasteiger partial charge in [-0.05, 0) is 18.8 Å². The van der Waals surface area contributed by atoms with Crippen LogP contribution in [0.3, 0.4) is 0 Å². The minimum Gasteiger partial charge on any atom is -0.478 e. The Morgan fingerprint density at radius 1 is 1.35 bits per heavy atom. The first-order valence-corrected chi connectivity index (χ1v) is 5.08. The number of hydrogen-bond donors (Lipinski definition) is 1. The highest BCUT2D eigenvalue weighted by molar-refractivity contribution is 5.82. The molecule has 1 aliphatic heterocycles. The van der Waals surface area contributed by atoms with E-state index in [0.29, 0.717) is 12.8 Å². The van der Waals surface area contributed by atoms with Crippen molar-refractivity contribution in [3.63, 3.8) is 0 Å². The number of nitrogens with zero attached hydrogens (tertiary/aromatic N) is 1. The number of aliphatic carboxylic acids is 1. The van der Waals surface area contributed by atoms with Gasteiger partial charge in [-0.3, -0.25) is 4.79 Å². The molecule has 1 heterocycles. The van der Waals surface area contributed by atoms with Gasteiger partial charge in [0.2, 0.25) is 0 Å². The third-order valence-electron chi connectivity index (χ3n) is 2.50. The van der Waals surface area contributed by atoms with Crippen LogP contribution < -0.4 is 0 Å². The monoisotopic (exact) mass is 251 g/mol. The fraction of sp³-hybridized carbons (Fsp3) is 0.600. The van der Waals surface area contributed by atoms with Crippen LogP contribution in [0, 0.1) is 5.92 Å². The highest BCUT2D eigenvalue weighted by Gasteiger charge is 2.43. The van der Waals surface area contributed by atoms with E-state index in [-0.39, 0.29) is 19.0 Å². The maximum atomic E-state index is 12.2. The molecule has 17 heavy (non-hydrogen) atoms. The predicted octanol–water partition coefficient (Wildman–Crippen LogP) is 1.43. The zero-order valence-corrected chi connectivity index (χ0v) is 8.91. The van der Waals surface area contributed by atoms with E-state index in [4.69, 9.17) is 5.11 Å². The molecule has 0 saturated carbocycles. The van der Waals surface area contributed by atoms with Crippen molar-refractivity contribution in [3.8, 4) is 0 Å². The Morgan fingerprint density at radius 3 is 2.53 bits per heavy atom. The molecule has 0 aromatic rings. The van der Waals surface area contributed by atoms with Crippen molar-refractivity contribution in [2.45, 2.75) is 19.0 Å². The Balaban J connectivity index is 2.61. The molecule has 4 nitrogen and oxygen atoms in total. The Labute approximate surface area is 95.7 Å². The van der Waals surface area contributed by atoms with Crippen LogP contribution in [0.4, 0.5) is 13.2 Å². The summed E-state index contributed by atoms with van der Waals surface area (Å²) in [5.41, 5.74) is 0. The number of piperidine rings is 1. The van der Waals surface area contributed by atoms with Crippen LogP contribution in [0.15, 0.2) is 12.2 Å². The number of carbonyl (C=O) groups is 2. The largest absolute Gasteiger partial charge is 0.478 e. The van der Waals surface area contributed by atoms with Crippen LogP contribution in [0.25, 0.3) is 0 Å². The summed E-state index contributed by atoms with van der Waals surface area (Å²) in [7, 11) is 0. The Bertz CT molecular complexity index is 338. The standard InChI is InChI=1S/C10H12F3NO3/c11-10(12,13)9(17)14-5-1-2-7(6-14)3-4-8(15)16/h3-4,7H,1-2,5-6H2,(H,15,16)/b4-3+. The van der Waals surface area contributed by atoms with Gasteiger partial charge in [0.15, 0.2) is 0 Å². The summed E-state index contributed by atoms with van der Waals surface area (Å²) in [5.74, 6) is -3.33. The number of likely N-dealkylation sites (tertiary alicyclic amines) is 1. The number of hydrogen-bond acceptors (Lipinski definition) is 2. The van der Waals surface area contributed by atoms with E-state index < -0.39 is 18.1 Å². The fourth-order valence-electron chi connectivity index (χ4n) is 1.75. The van der Waals surface area contributed by atoms with Crippen molar-refractivity contribution in [2.24, 2.45) is 5.92 Å². The van der Waals surface area contributed by atoms with Crippen molar-refractivity contribution in [3.05, 3.63) is 12.2 Å². The first-order valence-electron chi connectivity index (χ1n) is 5.08. The minimum atomic E-state index is -4.86. The van der Waals surface area contributed by atoms with Crippen molar-refractivity contribution < 1.29 is 27.9 Å². The number of amides is 1. The second-order valence-corrected chi connectivity index (χ2v) is 3.85. The number of alkyl halides is 3. The summed E-state index contributed by atoms with van der Waals surface area (Å²) in [6, 6.07) is 0. The predicted molar refractivity (Wildman–Crippen MR) is 52.1 cm³/mol. The third kappa shape index (κ3) is 4.08. The quantitative estimate of drug-likeness (QED) is 0.755. The summed E-state index contributed by atoms with van der Waals surface area (Å²) in [4.78, 5) is 22.0. The lowest BCUT2D eigenvalue weighted by Crippen LogP contribution is -2.46. The molecule has 7 heteroatoms. The van der Waals surface area contributed by atoms with E-state index in [1.165, 1.54) is 6.08 Å². The smallest absolute Gasteiger partial charge is 0.471 e. The fourth-order valence-corrected chi connectivity index (χ4v) is 1.75. The minimum absolute atomic E-state index is 0.0652. The molecule has 1 rings (SSSR count). The molecule has 0 aromatic carbocycles. The van der Waals surface area contributed by atoms with E-state index in [1.807, 2.05) is 0 Å². The van der Waals surface area contributed by atoms with Crippen LogP contribution in [0.1, 0.15) is 12.8 Å². The van der Waals surface area contributed by atoms with Crippen molar-refractivity contribution in [1.82, 2.24) is 4.90 Å². The van der Waals surface area contributed by atoms with Gasteiger partial charge in [0.25, 0.3) is 0 Å². The molecule has 1 N–H and O–H groups in total. The Morgan fingerprint density at radius 2 is 2.00 bits per heavy atom. The highest BCUT2D eigenvalue weighted by Crippen LogP contribution is 2.24. The number of carboxylic acids is 1. The highest BCUT2D eigenvalue weighted by atomic mass is 19.4. The maximum Gasteiger partial charge on any atom is 0.471 e. The maximum absolute atomic E-state index is 12.2. The normalized spacial score (nSPS) is 21.8. The zero-order valence-electron chi connectivity index (χ0n) is 8.91. The lowest BCUT2D eigenvalue weighted by molar-refractivity contribution is -0.186. The Kier molecular flexibility index (Phi) is 4.14. The number of carboxylic acid groups (broad SMARTS) is 1. The SMILES string of the molecule is O=C(O)/C=C/C1CCCN(C(=O)C(F)(F)F)C1. The molecule has 0 aliphatic carbocycles. The molecule has 1 unspecified atom stereocenters. The van der Waals surface area contributed by atoms with Crippen molar-refractivity contribution >= 4 is 11.9 Å². The van der Waals surface area contributed by atoms with Crippen LogP contribution in [-0.4, -0.2) is 41.1 Å². The van der Waals surface area contributed by atoms with E-state index in [2.05, 4.69) is 0 Å². The second kappa shape index (κ2) is 5.20. The molecule has 1 saturated heterocycles. The van der Waals surface area contributed by atoms with Gasteiger partial charge in [0, 0.05) is 19.2 Å². The summed E-state index contributed by atoms with van der Waals surface area (Å²) in [6.45, 7) is -0.0160. The number of halogens is 3. The second-order valence-electron chi connectivity index (χ2n) is 3.85. The molecular weight excluding hydrogens is 239 g/mol. The Hall–Kier alpha value is -1.53. The molecule has 0 spiro atoms. The number of carbonyl (C=O) groups excluding carboxylic acids is 1. The van der Waals surface area contributed by atoms with Crippen molar-refractivity contribution in [2.75, 3.05) is 13.1 Å². The molecule has 96 valence electrons. The average Bonchev–Trinajstić information content (AvgIpc) is 2.24. The van der Waals surface area contributed by atoms with Gasteiger partial charge in [0.05, 0.1) is 0 Å². The third-order valence-corrected chi connectivity index (χ3v) is 2.50. The first-order chi connectivity index (χ1) is 7.80. The molecule has 1 atom stereocenters. The van der Waals surface area contributed by atoms with Gasteiger partial charge in [-0.25, -0.2) is 4.79 Å². The lowest BCUT2D eigenvalue weighted by Gasteiger charge is -2.31. The van der Waals surface area contributed by atoms with Gasteiger partial charge in [-0.1, -0.05) is 6.08 Å². The lowest BCUT2D eigenvalue weighted by atomic mass is 9.97.